The molecule has 1 aromatic carbocycles. The van der Waals surface area contributed by atoms with Crippen molar-refractivity contribution in [2.45, 2.75) is 0 Å². The summed E-state index contributed by atoms with van der Waals surface area (Å²) in [5.74, 6) is 0.0226. The van der Waals surface area contributed by atoms with Crippen LogP contribution in [0.25, 0.3) is 11.0 Å². The standard InChI is InChI=1S/C10H6O4/c11-5-6-3-10(13)14-9-2-1-7(12)4-8(6)9/h1-5,12H. The number of phenolic OH excluding ortho intramolecular Hbond substituents is 1. The molecule has 0 amide bonds. The fourth-order valence-electron chi connectivity index (χ4n) is 1.27. The van der Waals surface area contributed by atoms with Crippen LogP contribution >= 0.6 is 0 Å². The maximum Gasteiger partial charge on any atom is 0.336 e. The number of hydrogen-bond acceptors (Lipinski definition) is 4. The van der Waals surface area contributed by atoms with Crippen LogP contribution < -0.4 is 5.63 Å². The average Bonchev–Trinajstić information content (AvgIpc) is 2.17. The summed E-state index contributed by atoms with van der Waals surface area (Å²) in [5.41, 5.74) is -0.0742. The van der Waals surface area contributed by atoms with Gasteiger partial charge in [-0.2, -0.15) is 0 Å². The van der Waals surface area contributed by atoms with Gasteiger partial charge in [0.2, 0.25) is 0 Å². The van der Waals surface area contributed by atoms with E-state index in [0.29, 0.717) is 11.7 Å². The largest absolute Gasteiger partial charge is 0.508 e. The fraction of sp³-hybridized carbons (Fsp3) is 0. The van der Waals surface area contributed by atoms with Crippen LogP contribution in [0.2, 0.25) is 0 Å². The van der Waals surface area contributed by atoms with Crippen molar-refractivity contribution in [3.8, 4) is 5.75 Å². The highest BCUT2D eigenvalue weighted by Crippen LogP contribution is 2.20. The van der Waals surface area contributed by atoms with E-state index in [1.165, 1.54) is 18.2 Å². The zero-order valence-electron chi connectivity index (χ0n) is 7.06. The quantitative estimate of drug-likeness (QED) is 0.543. The highest BCUT2D eigenvalue weighted by Gasteiger charge is 2.04. The van der Waals surface area contributed by atoms with Crippen molar-refractivity contribution >= 4 is 17.3 Å². The first kappa shape index (κ1) is 8.50. The average molecular weight is 190 g/mol. The van der Waals surface area contributed by atoms with Crippen LogP contribution in [-0.2, 0) is 0 Å². The number of rotatable bonds is 1. The number of hydrogen-bond donors (Lipinski definition) is 1. The van der Waals surface area contributed by atoms with Gasteiger partial charge >= 0.3 is 5.63 Å². The van der Waals surface area contributed by atoms with Gasteiger partial charge in [0.1, 0.15) is 11.3 Å². The molecule has 0 spiro atoms. The lowest BCUT2D eigenvalue weighted by atomic mass is 10.1. The van der Waals surface area contributed by atoms with Gasteiger partial charge in [-0.25, -0.2) is 4.79 Å². The molecule has 1 N–H and O–H groups in total. The SMILES string of the molecule is O=Cc1cc(=O)oc2ccc(O)cc12. The summed E-state index contributed by atoms with van der Waals surface area (Å²) in [5, 5.41) is 9.61. The minimum Gasteiger partial charge on any atom is -0.508 e. The van der Waals surface area contributed by atoms with E-state index in [0.717, 1.165) is 6.07 Å². The van der Waals surface area contributed by atoms with Crippen LogP contribution in [0, 0.1) is 0 Å². The minimum atomic E-state index is -0.578. The Morgan fingerprint density at radius 1 is 1.29 bits per heavy atom. The highest BCUT2D eigenvalue weighted by atomic mass is 16.4. The summed E-state index contributed by atoms with van der Waals surface area (Å²) >= 11 is 0. The number of aromatic hydroxyl groups is 1. The van der Waals surface area contributed by atoms with Gasteiger partial charge in [-0.15, -0.1) is 0 Å². The summed E-state index contributed by atoms with van der Waals surface area (Å²) in [7, 11) is 0. The lowest BCUT2D eigenvalue weighted by molar-refractivity contribution is 0.112. The zero-order chi connectivity index (χ0) is 10.1. The van der Waals surface area contributed by atoms with E-state index >= 15 is 0 Å². The molecule has 0 saturated carbocycles. The lowest BCUT2D eigenvalue weighted by Crippen LogP contribution is -1.99. The Bertz CT molecular complexity index is 554. The van der Waals surface area contributed by atoms with E-state index in [1.807, 2.05) is 0 Å². The normalized spacial score (nSPS) is 10.3. The Kier molecular flexibility index (Phi) is 1.81. The van der Waals surface area contributed by atoms with Crippen molar-refractivity contribution in [1.82, 2.24) is 0 Å². The predicted octanol–water partition coefficient (Wildman–Crippen LogP) is 1.31. The summed E-state index contributed by atoms with van der Waals surface area (Å²) < 4.78 is 4.83. The van der Waals surface area contributed by atoms with Crippen LogP contribution in [0.1, 0.15) is 10.4 Å². The number of aldehydes is 1. The molecule has 0 bridgehead atoms. The van der Waals surface area contributed by atoms with Crippen LogP contribution in [0.3, 0.4) is 0 Å². The number of phenols is 1. The number of fused-ring (bicyclic) bond motifs is 1. The van der Waals surface area contributed by atoms with Gasteiger partial charge in [0.05, 0.1) is 0 Å². The molecule has 0 aliphatic carbocycles. The third kappa shape index (κ3) is 1.26. The number of carbonyl (C=O) groups excluding carboxylic acids is 1. The first-order valence-corrected chi connectivity index (χ1v) is 3.93. The smallest absolute Gasteiger partial charge is 0.336 e. The summed E-state index contributed by atoms with van der Waals surface area (Å²) in [4.78, 5) is 21.6. The second-order valence-electron chi connectivity index (χ2n) is 2.82. The predicted molar refractivity (Wildman–Crippen MR) is 49.5 cm³/mol. The van der Waals surface area contributed by atoms with Gasteiger partial charge in [-0.05, 0) is 18.2 Å². The maximum absolute atomic E-state index is 11.0. The molecule has 0 unspecified atom stereocenters. The molecule has 70 valence electrons. The summed E-state index contributed by atoms with van der Waals surface area (Å²) in [6, 6.07) is 5.30. The Labute approximate surface area is 78.4 Å². The van der Waals surface area contributed by atoms with Crippen molar-refractivity contribution in [1.29, 1.82) is 0 Å². The molecule has 0 fully saturated rings. The molecule has 0 radical (unpaired) electrons. The first-order valence-electron chi connectivity index (χ1n) is 3.93. The van der Waals surface area contributed by atoms with Crippen molar-refractivity contribution in [3.05, 3.63) is 40.2 Å². The zero-order valence-corrected chi connectivity index (χ0v) is 7.06. The van der Waals surface area contributed by atoms with Gasteiger partial charge in [0.15, 0.2) is 6.29 Å². The van der Waals surface area contributed by atoms with Gasteiger partial charge in [-0.3, -0.25) is 4.79 Å². The molecule has 0 aliphatic heterocycles. The monoisotopic (exact) mass is 190 g/mol. The number of benzene rings is 1. The van der Waals surface area contributed by atoms with E-state index in [-0.39, 0.29) is 16.9 Å². The topological polar surface area (TPSA) is 67.5 Å². The Morgan fingerprint density at radius 2 is 2.07 bits per heavy atom. The Balaban J connectivity index is 2.95. The first-order chi connectivity index (χ1) is 6.70. The molecule has 0 atom stereocenters. The molecular formula is C10H6O4. The molecular weight excluding hydrogens is 184 g/mol. The van der Waals surface area contributed by atoms with Gasteiger partial charge < -0.3 is 9.52 Å². The van der Waals surface area contributed by atoms with Gasteiger partial charge in [-0.1, -0.05) is 0 Å². The molecule has 4 heteroatoms. The molecule has 0 saturated heterocycles. The van der Waals surface area contributed by atoms with Crippen molar-refractivity contribution in [2.75, 3.05) is 0 Å². The molecule has 0 aliphatic rings. The van der Waals surface area contributed by atoms with E-state index in [9.17, 15) is 14.7 Å². The lowest BCUT2D eigenvalue weighted by Gasteiger charge is -1.99. The Hall–Kier alpha value is -2.10. The fourth-order valence-corrected chi connectivity index (χ4v) is 1.27. The van der Waals surface area contributed by atoms with Crippen LogP contribution in [0.4, 0.5) is 0 Å². The molecule has 14 heavy (non-hydrogen) atoms. The van der Waals surface area contributed by atoms with E-state index in [4.69, 9.17) is 4.42 Å². The molecule has 4 nitrogen and oxygen atoms in total. The van der Waals surface area contributed by atoms with Crippen molar-refractivity contribution in [2.24, 2.45) is 0 Å². The van der Waals surface area contributed by atoms with E-state index in [2.05, 4.69) is 0 Å². The summed E-state index contributed by atoms with van der Waals surface area (Å²) in [6.07, 6.45) is 0.554. The number of carbonyl (C=O) groups is 1. The maximum atomic E-state index is 11.0. The minimum absolute atomic E-state index is 0.0226. The van der Waals surface area contributed by atoms with Crippen molar-refractivity contribution in [3.63, 3.8) is 0 Å². The van der Waals surface area contributed by atoms with Gasteiger partial charge in [0.25, 0.3) is 0 Å². The summed E-state index contributed by atoms with van der Waals surface area (Å²) in [6.45, 7) is 0. The molecule has 2 rings (SSSR count). The highest BCUT2D eigenvalue weighted by molar-refractivity contribution is 5.95. The Morgan fingerprint density at radius 3 is 2.79 bits per heavy atom. The third-order valence-electron chi connectivity index (χ3n) is 1.89. The van der Waals surface area contributed by atoms with Crippen LogP contribution in [0.5, 0.6) is 5.75 Å². The second kappa shape index (κ2) is 2.99. The second-order valence-corrected chi connectivity index (χ2v) is 2.82. The van der Waals surface area contributed by atoms with E-state index < -0.39 is 5.63 Å². The van der Waals surface area contributed by atoms with Crippen molar-refractivity contribution < 1.29 is 14.3 Å². The third-order valence-corrected chi connectivity index (χ3v) is 1.89. The molecule has 2 aromatic rings. The van der Waals surface area contributed by atoms with E-state index in [1.54, 1.807) is 0 Å². The molecule has 1 heterocycles. The molecule has 1 aromatic heterocycles. The van der Waals surface area contributed by atoms with Crippen LogP contribution in [0.15, 0.2) is 33.5 Å². The van der Waals surface area contributed by atoms with Crippen LogP contribution in [-0.4, -0.2) is 11.4 Å². The van der Waals surface area contributed by atoms with Gasteiger partial charge in [0, 0.05) is 17.0 Å².